The van der Waals surface area contributed by atoms with Crippen LogP contribution in [0, 0.1) is 0 Å². The first kappa shape index (κ1) is 34.5. The van der Waals surface area contributed by atoms with Gasteiger partial charge in [0, 0.05) is 25.0 Å². The Kier molecular flexibility index (Phi) is 10.8. The summed E-state index contributed by atoms with van der Waals surface area (Å²) in [5.41, 5.74) is 17.6. The fourth-order valence-electron chi connectivity index (χ4n) is 4.59. The highest BCUT2D eigenvalue weighted by Crippen LogP contribution is 2.33. The summed E-state index contributed by atoms with van der Waals surface area (Å²) >= 11 is 1.00. The van der Waals surface area contributed by atoms with Gasteiger partial charge in [-0.25, -0.2) is 4.98 Å². The number of hydrogen-bond acceptors (Lipinski definition) is 14. The lowest BCUT2D eigenvalue weighted by Gasteiger charge is -2.50. The van der Waals surface area contributed by atoms with Gasteiger partial charge in [-0.1, -0.05) is 11.2 Å². The van der Waals surface area contributed by atoms with Crippen LogP contribution in [0.15, 0.2) is 33.7 Å². The number of fused-ring (bicyclic) bond motifs is 1. The van der Waals surface area contributed by atoms with E-state index in [1.807, 2.05) is 17.0 Å². The number of nitrogens with zero attached hydrogens (tertiary/aromatic N) is 5. The first-order chi connectivity index (χ1) is 21.7. The number of anilines is 1. The standard InChI is InChI=1S/C26H35N9O9S2/c1-26(2)21(23(38)35(26)44-46(39,40)41)32-22(37)20(19-14-45-25(29)31-19)33-43-18(12-36)13-42-17-6-5-15-10-34(11-16(15)9-17)24(28)30-8-4-3-7-27/h5-6,9,12,14,18,21H,3-4,7-8,10-11,13,27H2,1-2H3,(H2,28,30)(H2,29,31)(H,32,37)(H,39,40,41)/b33-20-. The Morgan fingerprint density at radius 2 is 2.04 bits per heavy atom. The van der Waals surface area contributed by atoms with Gasteiger partial charge in [0.1, 0.15) is 24.1 Å². The lowest BCUT2D eigenvalue weighted by atomic mass is 9.84. The number of nitrogen functional groups attached to an aromatic ring is 1. The number of aldehydes is 1. The average molecular weight is 682 g/mol. The average Bonchev–Trinajstić information content (AvgIpc) is 3.63. The van der Waals surface area contributed by atoms with Crippen molar-refractivity contribution in [2.75, 3.05) is 25.4 Å². The lowest BCUT2D eigenvalue weighted by Crippen LogP contribution is -2.76. The Hall–Kier alpha value is -4.37. The third-order valence-corrected chi connectivity index (χ3v) is 8.07. The molecular weight excluding hydrogens is 646 g/mol. The molecule has 2 amide bonds. The number of thiazole rings is 1. The molecule has 2 aromatic rings. The second-order valence-electron chi connectivity index (χ2n) is 10.8. The molecule has 18 nitrogen and oxygen atoms in total. The van der Waals surface area contributed by atoms with E-state index in [1.54, 1.807) is 6.07 Å². The third kappa shape index (κ3) is 8.26. The van der Waals surface area contributed by atoms with Crippen molar-refractivity contribution >= 4 is 56.6 Å². The Bertz CT molecular complexity index is 1630. The lowest BCUT2D eigenvalue weighted by molar-refractivity contribution is -0.218. The van der Waals surface area contributed by atoms with Crippen LogP contribution in [0.5, 0.6) is 5.75 Å². The van der Waals surface area contributed by atoms with E-state index in [0.717, 1.165) is 35.3 Å². The maximum absolute atomic E-state index is 13.2. The molecule has 1 aromatic heterocycles. The molecule has 2 aliphatic rings. The topological polar surface area (TPSA) is 267 Å². The van der Waals surface area contributed by atoms with Crippen LogP contribution in [0.2, 0.25) is 0 Å². The number of nitrogens with two attached hydrogens (primary N) is 3. The number of aromatic nitrogens is 1. The molecule has 0 radical (unpaired) electrons. The van der Waals surface area contributed by atoms with Crippen LogP contribution in [-0.4, -0.2) is 95.1 Å². The highest BCUT2D eigenvalue weighted by atomic mass is 32.3. The second kappa shape index (κ2) is 14.4. The van der Waals surface area contributed by atoms with Crippen molar-refractivity contribution in [3.05, 3.63) is 40.4 Å². The summed E-state index contributed by atoms with van der Waals surface area (Å²) in [6.45, 7) is 4.85. The number of hydrogen-bond donors (Lipinski definition) is 5. The SMILES string of the molecule is CC1(C)C(NC(=O)/C(=N\OC(C=O)COc2ccc3c(c2)CN(C(N)=NCCCCN)C3)c2csc(N)n2)C(=O)N1OS(=O)(=O)O. The molecule has 0 saturated carbocycles. The smallest absolute Gasteiger partial charge is 0.418 e. The zero-order valence-electron chi connectivity index (χ0n) is 25.0. The summed E-state index contributed by atoms with van der Waals surface area (Å²) in [6, 6.07) is 4.18. The van der Waals surface area contributed by atoms with Crippen LogP contribution in [0.1, 0.15) is 43.5 Å². The molecule has 20 heteroatoms. The van der Waals surface area contributed by atoms with E-state index in [0.29, 0.717) is 49.2 Å². The van der Waals surface area contributed by atoms with Crippen LogP contribution in [0.25, 0.3) is 0 Å². The number of benzene rings is 1. The number of nitrogens with one attached hydrogen (secondary N) is 1. The molecule has 250 valence electrons. The first-order valence-corrected chi connectivity index (χ1v) is 16.2. The highest BCUT2D eigenvalue weighted by Gasteiger charge is 2.58. The number of oxime groups is 1. The van der Waals surface area contributed by atoms with Crippen LogP contribution < -0.4 is 27.3 Å². The first-order valence-electron chi connectivity index (χ1n) is 14.0. The summed E-state index contributed by atoms with van der Waals surface area (Å²) in [4.78, 5) is 53.2. The molecule has 4 rings (SSSR count). The van der Waals surface area contributed by atoms with Crippen LogP contribution in [-0.2, 0) is 47.0 Å². The number of β-lactam (4-membered cyclic amide) rings is 1. The van der Waals surface area contributed by atoms with Crippen LogP contribution in [0.4, 0.5) is 5.13 Å². The maximum atomic E-state index is 13.2. The summed E-state index contributed by atoms with van der Waals surface area (Å²) < 4.78 is 41.2. The molecule has 0 aliphatic carbocycles. The minimum Gasteiger partial charge on any atom is -0.489 e. The number of carbonyl (C=O) groups excluding carboxylic acids is 3. The molecular formula is C26H35N9O9S2. The Labute approximate surface area is 268 Å². The quantitative estimate of drug-likeness (QED) is 0.0296. The van der Waals surface area contributed by atoms with Crippen molar-refractivity contribution < 1.29 is 41.2 Å². The third-order valence-electron chi connectivity index (χ3n) is 7.06. The molecule has 2 atom stereocenters. The molecule has 2 unspecified atom stereocenters. The van der Waals surface area contributed by atoms with E-state index in [-0.39, 0.29) is 17.4 Å². The molecule has 3 heterocycles. The predicted molar refractivity (Wildman–Crippen MR) is 165 cm³/mol. The van der Waals surface area contributed by atoms with Gasteiger partial charge in [-0.15, -0.1) is 15.6 Å². The molecule has 2 aliphatic heterocycles. The van der Waals surface area contributed by atoms with Gasteiger partial charge in [-0.2, -0.15) is 13.5 Å². The molecule has 8 N–H and O–H groups in total. The van der Waals surface area contributed by atoms with Crippen molar-refractivity contribution in [2.24, 2.45) is 21.6 Å². The van der Waals surface area contributed by atoms with Gasteiger partial charge in [0.15, 0.2) is 23.1 Å². The number of ether oxygens (including phenoxy) is 1. The summed E-state index contributed by atoms with van der Waals surface area (Å²) in [5.74, 6) is -0.993. The largest absolute Gasteiger partial charge is 0.489 e. The van der Waals surface area contributed by atoms with Crippen molar-refractivity contribution in [1.82, 2.24) is 20.3 Å². The van der Waals surface area contributed by atoms with Crippen LogP contribution >= 0.6 is 11.3 Å². The van der Waals surface area contributed by atoms with E-state index in [2.05, 4.69) is 24.7 Å². The van der Waals surface area contributed by atoms with Crippen molar-refractivity contribution in [3.8, 4) is 5.75 Å². The van der Waals surface area contributed by atoms with Gasteiger partial charge in [0.05, 0.1) is 5.54 Å². The number of aliphatic imine (C=N–C) groups is 1. The van der Waals surface area contributed by atoms with Crippen LogP contribution in [0.3, 0.4) is 0 Å². The number of carbonyl (C=O) groups is 3. The summed E-state index contributed by atoms with van der Waals surface area (Å²) in [5, 5.41) is 8.16. The van der Waals surface area contributed by atoms with E-state index in [1.165, 1.54) is 19.2 Å². The van der Waals surface area contributed by atoms with Crippen molar-refractivity contribution in [1.29, 1.82) is 0 Å². The van der Waals surface area contributed by atoms with Gasteiger partial charge >= 0.3 is 10.4 Å². The zero-order chi connectivity index (χ0) is 33.6. The Morgan fingerprint density at radius 3 is 2.67 bits per heavy atom. The molecule has 1 saturated heterocycles. The Balaban J connectivity index is 1.39. The maximum Gasteiger partial charge on any atom is 0.418 e. The minimum absolute atomic E-state index is 0.00782. The minimum atomic E-state index is -4.99. The monoisotopic (exact) mass is 681 g/mol. The Morgan fingerprint density at radius 1 is 1.30 bits per heavy atom. The van der Waals surface area contributed by atoms with Gasteiger partial charge in [-0.3, -0.25) is 23.9 Å². The van der Waals surface area contributed by atoms with Crippen molar-refractivity contribution in [3.63, 3.8) is 0 Å². The second-order valence-corrected chi connectivity index (χ2v) is 12.7. The number of amides is 2. The van der Waals surface area contributed by atoms with Gasteiger partial charge in [0.2, 0.25) is 6.10 Å². The van der Waals surface area contributed by atoms with E-state index in [9.17, 15) is 22.8 Å². The zero-order valence-corrected chi connectivity index (χ0v) is 26.6. The number of rotatable bonds is 15. The molecule has 0 bridgehead atoms. The summed E-state index contributed by atoms with van der Waals surface area (Å²) in [7, 11) is -4.99. The number of hydroxylamine groups is 2. The van der Waals surface area contributed by atoms with Gasteiger partial charge in [-0.05, 0) is 56.5 Å². The highest BCUT2D eigenvalue weighted by molar-refractivity contribution is 7.80. The predicted octanol–water partition coefficient (Wildman–Crippen LogP) is -0.698. The van der Waals surface area contributed by atoms with Crippen molar-refractivity contribution in [2.45, 2.75) is 57.5 Å². The molecule has 1 fully saturated rings. The number of guanidine groups is 1. The fourth-order valence-corrected chi connectivity index (χ4v) is 5.59. The van der Waals surface area contributed by atoms with E-state index in [4.69, 9.17) is 31.3 Å². The van der Waals surface area contributed by atoms with E-state index < -0.39 is 45.6 Å². The molecule has 46 heavy (non-hydrogen) atoms. The van der Waals surface area contributed by atoms with Gasteiger partial charge in [0.25, 0.3) is 11.8 Å². The molecule has 0 spiro atoms. The normalized spacial score (nSPS) is 18.5. The fraction of sp³-hybridized carbons (Fsp3) is 0.462. The van der Waals surface area contributed by atoms with E-state index >= 15 is 0 Å². The number of unbranched alkanes of at least 4 members (excludes halogenated alkanes) is 1. The summed E-state index contributed by atoms with van der Waals surface area (Å²) in [6.07, 6.45) is 0.921. The van der Waals surface area contributed by atoms with Gasteiger partial charge < -0.3 is 37.0 Å². The molecule has 1 aromatic carbocycles.